The molecular weight excluding hydrogens is 296 g/mol. The van der Waals surface area contributed by atoms with E-state index in [0.717, 1.165) is 19.3 Å². The molecule has 1 fully saturated rings. The molecular formula is C18H34O5. The van der Waals surface area contributed by atoms with Gasteiger partial charge in [-0.15, -0.1) is 0 Å². The van der Waals surface area contributed by atoms with Crippen molar-refractivity contribution in [3.8, 4) is 0 Å². The summed E-state index contributed by atoms with van der Waals surface area (Å²) in [5, 5.41) is 28.6. The van der Waals surface area contributed by atoms with Gasteiger partial charge in [-0.2, -0.15) is 0 Å². The topological polar surface area (TPSA) is 79.2 Å². The summed E-state index contributed by atoms with van der Waals surface area (Å²) >= 11 is 0. The molecule has 5 heteroatoms. The van der Waals surface area contributed by atoms with Gasteiger partial charge in [0.05, 0.1) is 13.2 Å². The molecule has 4 atom stereocenters. The van der Waals surface area contributed by atoms with Crippen LogP contribution in [0.2, 0.25) is 0 Å². The normalized spacial score (nSPS) is 26.2. The zero-order chi connectivity index (χ0) is 16.9. The molecule has 3 N–H and O–H groups in total. The molecule has 1 aliphatic rings. The van der Waals surface area contributed by atoms with Crippen LogP contribution in [0.25, 0.3) is 0 Å². The fourth-order valence-corrected chi connectivity index (χ4v) is 2.80. The molecule has 0 aromatic heterocycles. The standard InChI is InChI=1S/C18H34O5/c1-2-3-4-5-6-7-8-9-10-11-12-22-16(13-19)18-17(21)15(20)14-23-18/h3-4,15-21H,2,5-14H2,1H3/b4-3+/t15-,16+,17+,18+/m0/s1. The van der Waals surface area contributed by atoms with Crippen LogP contribution in [0.1, 0.15) is 58.3 Å². The van der Waals surface area contributed by atoms with Gasteiger partial charge in [0.1, 0.15) is 24.4 Å². The molecule has 5 nitrogen and oxygen atoms in total. The maximum absolute atomic E-state index is 9.77. The van der Waals surface area contributed by atoms with Crippen molar-refractivity contribution in [1.82, 2.24) is 0 Å². The lowest BCUT2D eigenvalue weighted by Gasteiger charge is -2.24. The third-order valence-corrected chi connectivity index (χ3v) is 4.24. The van der Waals surface area contributed by atoms with Crippen molar-refractivity contribution < 1.29 is 24.8 Å². The molecule has 136 valence electrons. The Balaban J connectivity index is 1.98. The summed E-state index contributed by atoms with van der Waals surface area (Å²) in [7, 11) is 0. The maximum atomic E-state index is 9.77. The highest BCUT2D eigenvalue weighted by Gasteiger charge is 2.40. The molecule has 0 saturated carbocycles. The van der Waals surface area contributed by atoms with Crippen molar-refractivity contribution in [2.75, 3.05) is 19.8 Å². The van der Waals surface area contributed by atoms with E-state index in [1.54, 1.807) is 0 Å². The van der Waals surface area contributed by atoms with Gasteiger partial charge in [0.2, 0.25) is 0 Å². The van der Waals surface area contributed by atoms with Crippen LogP contribution in [0.15, 0.2) is 12.2 Å². The molecule has 0 aromatic rings. The van der Waals surface area contributed by atoms with Gasteiger partial charge in [0, 0.05) is 6.61 Å². The van der Waals surface area contributed by atoms with Gasteiger partial charge in [0.25, 0.3) is 0 Å². The second-order valence-corrected chi connectivity index (χ2v) is 6.24. The lowest BCUT2D eigenvalue weighted by Crippen LogP contribution is -2.42. The van der Waals surface area contributed by atoms with Crippen molar-refractivity contribution in [3.63, 3.8) is 0 Å². The molecule has 23 heavy (non-hydrogen) atoms. The van der Waals surface area contributed by atoms with Crippen molar-refractivity contribution >= 4 is 0 Å². The average molecular weight is 330 g/mol. The van der Waals surface area contributed by atoms with Crippen LogP contribution >= 0.6 is 0 Å². The predicted octanol–water partition coefficient (Wildman–Crippen LogP) is 2.18. The third kappa shape index (κ3) is 8.27. The molecule has 0 radical (unpaired) electrons. The number of allylic oxidation sites excluding steroid dienone is 2. The Bertz CT molecular complexity index is 308. The van der Waals surface area contributed by atoms with Crippen molar-refractivity contribution in [1.29, 1.82) is 0 Å². The van der Waals surface area contributed by atoms with E-state index in [2.05, 4.69) is 19.1 Å². The molecule has 0 unspecified atom stereocenters. The summed E-state index contributed by atoms with van der Waals surface area (Å²) in [6, 6.07) is 0. The van der Waals surface area contributed by atoms with Crippen LogP contribution in [0.4, 0.5) is 0 Å². The van der Waals surface area contributed by atoms with Crippen molar-refractivity contribution in [3.05, 3.63) is 12.2 Å². The molecule has 0 spiro atoms. The van der Waals surface area contributed by atoms with Gasteiger partial charge in [-0.25, -0.2) is 0 Å². The SMILES string of the molecule is CC/C=C/CCCCCCCCO[C@H](CO)[C@H]1OC[C@H](O)[C@H]1O. The van der Waals surface area contributed by atoms with E-state index in [4.69, 9.17) is 9.47 Å². The molecule has 0 amide bonds. The zero-order valence-electron chi connectivity index (χ0n) is 14.4. The first-order chi connectivity index (χ1) is 11.2. The smallest absolute Gasteiger partial charge is 0.114 e. The molecule has 0 bridgehead atoms. The molecule has 1 aliphatic heterocycles. The number of aliphatic hydroxyl groups is 3. The van der Waals surface area contributed by atoms with E-state index in [1.165, 1.54) is 32.1 Å². The van der Waals surface area contributed by atoms with E-state index in [-0.39, 0.29) is 13.2 Å². The maximum Gasteiger partial charge on any atom is 0.114 e. The second-order valence-electron chi connectivity index (χ2n) is 6.24. The lowest BCUT2D eigenvalue weighted by molar-refractivity contribution is -0.101. The monoisotopic (exact) mass is 330 g/mol. The molecule has 1 rings (SSSR count). The number of ether oxygens (including phenoxy) is 2. The van der Waals surface area contributed by atoms with E-state index >= 15 is 0 Å². The Hall–Kier alpha value is -0.460. The van der Waals surface area contributed by atoms with E-state index in [9.17, 15) is 15.3 Å². The summed E-state index contributed by atoms with van der Waals surface area (Å²) in [5.41, 5.74) is 0. The highest BCUT2D eigenvalue weighted by atomic mass is 16.6. The van der Waals surface area contributed by atoms with Gasteiger partial charge in [-0.3, -0.25) is 0 Å². The third-order valence-electron chi connectivity index (χ3n) is 4.24. The quantitative estimate of drug-likeness (QED) is 0.356. The van der Waals surface area contributed by atoms with E-state index < -0.39 is 24.4 Å². The molecule has 1 saturated heterocycles. The van der Waals surface area contributed by atoms with Crippen LogP contribution in [-0.2, 0) is 9.47 Å². The van der Waals surface area contributed by atoms with Gasteiger partial charge in [-0.05, 0) is 25.7 Å². The van der Waals surface area contributed by atoms with Crippen LogP contribution in [0.5, 0.6) is 0 Å². The van der Waals surface area contributed by atoms with E-state index in [1.807, 2.05) is 0 Å². The largest absolute Gasteiger partial charge is 0.394 e. The highest BCUT2D eigenvalue weighted by molar-refractivity contribution is 4.88. The summed E-state index contributed by atoms with van der Waals surface area (Å²) in [6.45, 7) is 2.59. The van der Waals surface area contributed by atoms with Crippen molar-refractivity contribution in [2.24, 2.45) is 0 Å². The number of aliphatic hydroxyl groups excluding tert-OH is 3. The molecule has 0 aliphatic carbocycles. The summed E-state index contributed by atoms with van der Waals surface area (Å²) in [4.78, 5) is 0. The predicted molar refractivity (Wildman–Crippen MR) is 90.3 cm³/mol. The minimum atomic E-state index is -0.978. The van der Waals surface area contributed by atoms with E-state index in [0.29, 0.717) is 6.61 Å². The van der Waals surface area contributed by atoms with Crippen LogP contribution < -0.4 is 0 Å². The van der Waals surface area contributed by atoms with Crippen LogP contribution in [-0.4, -0.2) is 59.6 Å². The Morgan fingerprint density at radius 2 is 1.78 bits per heavy atom. The number of rotatable bonds is 13. The van der Waals surface area contributed by atoms with Gasteiger partial charge >= 0.3 is 0 Å². The number of hydrogen-bond donors (Lipinski definition) is 3. The first-order valence-corrected chi connectivity index (χ1v) is 9.05. The molecule has 0 aromatic carbocycles. The highest BCUT2D eigenvalue weighted by Crippen LogP contribution is 2.19. The lowest BCUT2D eigenvalue weighted by atomic mass is 10.1. The van der Waals surface area contributed by atoms with Gasteiger partial charge < -0.3 is 24.8 Å². The second kappa shape index (κ2) is 12.9. The first-order valence-electron chi connectivity index (χ1n) is 9.05. The minimum absolute atomic E-state index is 0.0964. The van der Waals surface area contributed by atoms with Gasteiger partial charge in [0.15, 0.2) is 0 Å². The fourth-order valence-electron chi connectivity index (χ4n) is 2.80. The number of unbranched alkanes of at least 4 members (excludes halogenated alkanes) is 6. The fraction of sp³-hybridized carbons (Fsp3) is 0.889. The Kier molecular flexibility index (Phi) is 11.5. The Labute approximate surface area is 140 Å². The zero-order valence-corrected chi connectivity index (χ0v) is 14.4. The summed E-state index contributed by atoms with van der Waals surface area (Å²) < 4.78 is 10.9. The van der Waals surface area contributed by atoms with Gasteiger partial charge in [-0.1, -0.05) is 44.8 Å². The molecule has 1 heterocycles. The first kappa shape index (κ1) is 20.6. The Morgan fingerprint density at radius 1 is 1.09 bits per heavy atom. The minimum Gasteiger partial charge on any atom is -0.394 e. The number of hydrogen-bond acceptors (Lipinski definition) is 5. The van der Waals surface area contributed by atoms with Crippen molar-refractivity contribution in [2.45, 2.75) is 82.7 Å². The Morgan fingerprint density at radius 3 is 2.39 bits per heavy atom. The van der Waals surface area contributed by atoms with Crippen LogP contribution in [0.3, 0.4) is 0 Å². The average Bonchev–Trinajstić information content (AvgIpc) is 2.88. The summed E-state index contributed by atoms with van der Waals surface area (Å²) in [6.07, 6.45) is 10.8. The summed E-state index contributed by atoms with van der Waals surface area (Å²) in [5.74, 6) is 0. The van der Waals surface area contributed by atoms with Crippen LogP contribution in [0, 0.1) is 0 Å².